The third-order valence-electron chi connectivity index (χ3n) is 6.13. The molecule has 0 radical (unpaired) electrons. The van der Waals surface area contributed by atoms with Crippen molar-refractivity contribution in [3.63, 3.8) is 0 Å². The molecule has 0 saturated carbocycles. The Bertz CT molecular complexity index is 1100. The summed E-state index contributed by atoms with van der Waals surface area (Å²) in [7, 11) is 0. The predicted molar refractivity (Wildman–Crippen MR) is 131 cm³/mol. The molecule has 1 aliphatic heterocycles. The lowest BCUT2D eigenvalue weighted by atomic mass is 9.91. The Morgan fingerprint density at radius 3 is 2.24 bits per heavy atom. The maximum absolute atomic E-state index is 11.6. The minimum absolute atomic E-state index is 0.0111. The van der Waals surface area contributed by atoms with Gasteiger partial charge in [0.1, 0.15) is 0 Å². The van der Waals surface area contributed by atoms with E-state index < -0.39 is 12.3 Å². The second kappa shape index (κ2) is 11.2. The highest BCUT2D eigenvalue weighted by Crippen LogP contribution is 2.43. The van der Waals surface area contributed by atoms with E-state index in [9.17, 15) is 15.0 Å². The van der Waals surface area contributed by atoms with Crippen molar-refractivity contribution < 1.29 is 24.5 Å². The number of carboxylic acid groups (broad SMARTS) is 1. The molecule has 4 rings (SSSR count). The van der Waals surface area contributed by atoms with Gasteiger partial charge in [-0.05, 0) is 28.8 Å². The van der Waals surface area contributed by atoms with Gasteiger partial charge >= 0.3 is 5.97 Å². The molecule has 0 bridgehead atoms. The fourth-order valence-corrected chi connectivity index (χ4v) is 5.27. The van der Waals surface area contributed by atoms with E-state index in [-0.39, 0.29) is 30.3 Å². The second-order valence-electron chi connectivity index (χ2n) is 8.38. The Labute approximate surface area is 203 Å². The normalized spacial score (nSPS) is 22.4. The molecule has 6 nitrogen and oxygen atoms in total. The number of aliphatic hydroxyl groups is 1. The fraction of sp³-hybridized carbons (Fsp3) is 0.296. The number of aromatic carboxylic acids is 1. The number of benzene rings is 3. The largest absolute Gasteiger partial charge is 0.478 e. The molecule has 4 atom stereocenters. The van der Waals surface area contributed by atoms with Crippen molar-refractivity contribution in [1.82, 2.24) is 0 Å². The van der Waals surface area contributed by atoms with Gasteiger partial charge in [0, 0.05) is 28.7 Å². The molecule has 0 spiro atoms. The number of carbonyl (C=O) groups is 1. The molecule has 1 heterocycles. The molecule has 34 heavy (non-hydrogen) atoms. The van der Waals surface area contributed by atoms with Crippen LogP contribution in [-0.4, -0.2) is 28.0 Å². The zero-order valence-corrected chi connectivity index (χ0v) is 19.8. The molecule has 0 aliphatic carbocycles. The summed E-state index contributed by atoms with van der Waals surface area (Å²) in [5, 5.41) is 18.9. The van der Waals surface area contributed by atoms with Gasteiger partial charge in [0.15, 0.2) is 6.29 Å². The fourth-order valence-electron chi connectivity index (χ4n) is 4.06. The Balaban J connectivity index is 1.60. The summed E-state index contributed by atoms with van der Waals surface area (Å²) in [6, 6.07) is 22.7. The number of rotatable bonds is 8. The molecule has 7 heteroatoms. The third-order valence-corrected chi connectivity index (χ3v) is 7.29. The van der Waals surface area contributed by atoms with Crippen LogP contribution in [0.4, 0.5) is 0 Å². The van der Waals surface area contributed by atoms with Crippen LogP contribution in [0.2, 0.25) is 0 Å². The molecule has 3 aromatic carbocycles. The summed E-state index contributed by atoms with van der Waals surface area (Å²) in [6.07, 6.45) is -0.964. The number of carboxylic acids is 1. The number of thioether (sulfide) groups is 1. The van der Waals surface area contributed by atoms with Crippen LogP contribution in [0.1, 0.15) is 51.9 Å². The average molecular weight is 480 g/mol. The average Bonchev–Trinajstić information content (AvgIpc) is 2.88. The topological polar surface area (TPSA) is 102 Å². The van der Waals surface area contributed by atoms with E-state index in [4.69, 9.17) is 15.2 Å². The quantitative estimate of drug-likeness (QED) is 0.394. The molecule has 0 unspecified atom stereocenters. The molecular formula is C27H29NO5S. The lowest BCUT2D eigenvalue weighted by Gasteiger charge is -2.41. The molecule has 1 fully saturated rings. The smallest absolute Gasteiger partial charge is 0.336 e. The zero-order valence-electron chi connectivity index (χ0n) is 19.0. The van der Waals surface area contributed by atoms with Gasteiger partial charge in [-0.25, -0.2) is 4.79 Å². The van der Waals surface area contributed by atoms with Gasteiger partial charge in [-0.3, -0.25) is 0 Å². The van der Waals surface area contributed by atoms with E-state index in [1.54, 1.807) is 12.1 Å². The SMILES string of the molecule is C[C@@H]1[C@H](CSc2ccccc2C(=O)O)O[C@H](c2ccc(CN)cc2)O[C@@H]1c1ccc(CO)cc1. The monoisotopic (exact) mass is 479 g/mol. The Morgan fingerprint density at radius 1 is 0.941 bits per heavy atom. The van der Waals surface area contributed by atoms with Gasteiger partial charge in [0.2, 0.25) is 0 Å². The van der Waals surface area contributed by atoms with Gasteiger partial charge in [-0.1, -0.05) is 67.6 Å². The van der Waals surface area contributed by atoms with Crippen LogP contribution >= 0.6 is 11.8 Å². The highest BCUT2D eigenvalue weighted by atomic mass is 32.2. The Kier molecular flexibility index (Phi) is 8.03. The van der Waals surface area contributed by atoms with E-state index >= 15 is 0 Å². The summed E-state index contributed by atoms with van der Waals surface area (Å²) < 4.78 is 12.9. The molecule has 4 N–H and O–H groups in total. The number of ether oxygens (including phenoxy) is 2. The molecule has 0 aromatic heterocycles. The van der Waals surface area contributed by atoms with E-state index in [2.05, 4.69) is 6.92 Å². The minimum Gasteiger partial charge on any atom is -0.478 e. The Morgan fingerprint density at radius 2 is 1.59 bits per heavy atom. The predicted octanol–water partition coefficient (Wildman–Crippen LogP) is 4.92. The first-order valence-electron chi connectivity index (χ1n) is 11.2. The molecular weight excluding hydrogens is 450 g/mol. The van der Waals surface area contributed by atoms with Crippen LogP contribution in [0, 0.1) is 5.92 Å². The van der Waals surface area contributed by atoms with Crippen LogP contribution in [-0.2, 0) is 22.6 Å². The standard InChI is InChI=1S/C27H29NO5S/c1-17-23(16-34-24-5-3-2-4-22(24)26(30)31)32-27(21-12-6-18(14-28)7-13-21)33-25(17)20-10-8-19(15-29)9-11-20/h2-13,17,23,25,27,29H,14-16,28H2,1H3,(H,30,31)/t17-,23+,25+,27+/m1/s1. The van der Waals surface area contributed by atoms with Gasteiger partial charge in [-0.2, -0.15) is 0 Å². The Hall–Kier alpha value is -2.68. The number of hydrogen-bond acceptors (Lipinski definition) is 6. The van der Waals surface area contributed by atoms with Crippen molar-refractivity contribution in [2.24, 2.45) is 11.7 Å². The summed E-state index contributed by atoms with van der Waals surface area (Å²) in [5.74, 6) is -0.343. The highest BCUT2D eigenvalue weighted by molar-refractivity contribution is 7.99. The van der Waals surface area contributed by atoms with E-state index in [0.29, 0.717) is 17.2 Å². The third kappa shape index (κ3) is 5.51. The van der Waals surface area contributed by atoms with Crippen molar-refractivity contribution in [1.29, 1.82) is 0 Å². The van der Waals surface area contributed by atoms with Crippen LogP contribution in [0.3, 0.4) is 0 Å². The van der Waals surface area contributed by atoms with Crippen molar-refractivity contribution in [2.45, 2.75) is 43.5 Å². The summed E-state index contributed by atoms with van der Waals surface area (Å²) in [6.45, 7) is 2.54. The van der Waals surface area contributed by atoms with Crippen molar-refractivity contribution >= 4 is 17.7 Å². The van der Waals surface area contributed by atoms with E-state index in [1.165, 1.54) is 11.8 Å². The maximum Gasteiger partial charge on any atom is 0.336 e. The number of nitrogens with two attached hydrogens (primary N) is 1. The highest BCUT2D eigenvalue weighted by Gasteiger charge is 2.38. The lowest BCUT2D eigenvalue weighted by molar-refractivity contribution is -0.268. The van der Waals surface area contributed by atoms with Gasteiger partial charge in [0.05, 0.1) is 24.4 Å². The summed E-state index contributed by atoms with van der Waals surface area (Å²) in [5.41, 5.74) is 9.82. The number of hydrogen-bond donors (Lipinski definition) is 3. The molecule has 1 saturated heterocycles. The number of aliphatic hydroxyl groups excluding tert-OH is 1. The molecule has 1 aliphatic rings. The van der Waals surface area contributed by atoms with E-state index in [0.717, 1.165) is 22.3 Å². The van der Waals surface area contributed by atoms with Crippen LogP contribution in [0.5, 0.6) is 0 Å². The first kappa shape index (κ1) is 24.4. The summed E-state index contributed by atoms with van der Waals surface area (Å²) >= 11 is 1.48. The maximum atomic E-state index is 11.6. The van der Waals surface area contributed by atoms with Crippen molar-refractivity contribution in [2.75, 3.05) is 5.75 Å². The van der Waals surface area contributed by atoms with Gasteiger partial charge < -0.3 is 25.4 Å². The zero-order chi connectivity index (χ0) is 24.1. The first-order chi connectivity index (χ1) is 16.5. The van der Waals surface area contributed by atoms with Crippen molar-refractivity contribution in [3.05, 3.63) is 101 Å². The summed E-state index contributed by atoms with van der Waals surface area (Å²) in [4.78, 5) is 12.3. The molecule has 178 valence electrons. The minimum atomic E-state index is -0.941. The van der Waals surface area contributed by atoms with Crippen LogP contribution in [0.15, 0.2) is 77.7 Å². The first-order valence-corrected chi connectivity index (χ1v) is 12.2. The van der Waals surface area contributed by atoms with Crippen molar-refractivity contribution in [3.8, 4) is 0 Å². The lowest BCUT2D eigenvalue weighted by Crippen LogP contribution is -2.38. The van der Waals surface area contributed by atoms with Gasteiger partial charge in [0.25, 0.3) is 0 Å². The molecule has 3 aromatic rings. The van der Waals surface area contributed by atoms with Crippen LogP contribution < -0.4 is 5.73 Å². The second-order valence-corrected chi connectivity index (χ2v) is 9.44. The van der Waals surface area contributed by atoms with Crippen LogP contribution in [0.25, 0.3) is 0 Å². The van der Waals surface area contributed by atoms with Gasteiger partial charge in [-0.15, -0.1) is 11.8 Å². The van der Waals surface area contributed by atoms with E-state index in [1.807, 2.05) is 60.7 Å². The molecule has 0 amide bonds.